The lowest BCUT2D eigenvalue weighted by Crippen LogP contribution is -2.20. The number of rotatable bonds is 1. The van der Waals surface area contributed by atoms with Crippen molar-refractivity contribution in [1.29, 1.82) is 0 Å². The van der Waals surface area contributed by atoms with E-state index in [2.05, 4.69) is 21.2 Å². The molecule has 1 nitrogen and oxygen atoms in total. The highest BCUT2D eigenvalue weighted by Gasteiger charge is 2.26. The smallest absolute Gasteiger partial charge is 0.147 e. The second-order valence-electron chi connectivity index (χ2n) is 4.76. The molecule has 1 atom stereocenters. The standard InChI is InChI=1S/C15H11BrClF2N/c16-10-7-12(18)15-9(14(10)19)5-6-13(20-15)8-3-1-2-4-11(8)17/h1-4,7,13,20H,5-6H2. The molecule has 0 radical (unpaired) electrons. The quantitative estimate of drug-likeness (QED) is 0.666. The Kier molecular flexibility index (Phi) is 3.69. The summed E-state index contributed by atoms with van der Waals surface area (Å²) < 4.78 is 28.2. The fraction of sp³-hybridized carbons (Fsp3) is 0.200. The fourth-order valence-electron chi connectivity index (χ4n) is 2.56. The van der Waals surface area contributed by atoms with E-state index >= 15 is 0 Å². The van der Waals surface area contributed by atoms with Gasteiger partial charge >= 0.3 is 0 Å². The third kappa shape index (κ3) is 2.31. The van der Waals surface area contributed by atoms with Gasteiger partial charge in [0.2, 0.25) is 0 Å². The summed E-state index contributed by atoms with van der Waals surface area (Å²) in [6.45, 7) is 0. The van der Waals surface area contributed by atoms with Crippen molar-refractivity contribution in [2.75, 3.05) is 5.32 Å². The summed E-state index contributed by atoms with van der Waals surface area (Å²) in [5.74, 6) is -0.850. The van der Waals surface area contributed by atoms with E-state index < -0.39 is 11.6 Å². The van der Waals surface area contributed by atoms with Gasteiger partial charge in [-0.1, -0.05) is 29.8 Å². The van der Waals surface area contributed by atoms with Gasteiger partial charge in [0.1, 0.15) is 11.6 Å². The molecule has 2 aromatic carbocycles. The molecule has 0 amide bonds. The Morgan fingerprint density at radius 3 is 2.75 bits per heavy atom. The molecule has 0 spiro atoms. The van der Waals surface area contributed by atoms with Crippen LogP contribution in [0.1, 0.15) is 23.6 Å². The van der Waals surface area contributed by atoms with Crippen molar-refractivity contribution in [2.45, 2.75) is 18.9 Å². The van der Waals surface area contributed by atoms with Crippen LogP contribution in [0.4, 0.5) is 14.5 Å². The summed E-state index contributed by atoms with van der Waals surface area (Å²) >= 11 is 9.20. The Hall–Kier alpha value is -1.13. The fourth-order valence-corrected chi connectivity index (χ4v) is 3.27. The van der Waals surface area contributed by atoms with E-state index in [1.165, 1.54) is 0 Å². The molecule has 1 aliphatic rings. The Balaban J connectivity index is 2.01. The zero-order chi connectivity index (χ0) is 14.3. The molecule has 0 bridgehead atoms. The van der Waals surface area contributed by atoms with Gasteiger partial charge in [0, 0.05) is 10.6 Å². The van der Waals surface area contributed by atoms with Gasteiger partial charge in [-0.05, 0) is 46.5 Å². The van der Waals surface area contributed by atoms with E-state index in [0.29, 0.717) is 23.4 Å². The second kappa shape index (κ2) is 5.34. The van der Waals surface area contributed by atoms with Gasteiger partial charge in [-0.3, -0.25) is 0 Å². The lowest BCUT2D eigenvalue weighted by Gasteiger charge is -2.29. The van der Waals surface area contributed by atoms with E-state index in [1.807, 2.05) is 18.2 Å². The Morgan fingerprint density at radius 1 is 1.25 bits per heavy atom. The third-order valence-electron chi connectivity index (χ3n) is 3.55. The maximum atomic E-state index is 14.0. The van der Waals surface area contributed by atoms with Gasteiger partial charge in [-0.2, -0.15) is 0 Å². The second-order valence-corrected chi connectivity index (χ2v) is 6.03. The molecule has 0 saturated carbocycles. The van der Waals surface area contributed by atoms with Gasteiger partial charge < -0.3 is 5.32 Å². The average molecular weight is 359 g/mol. The predicted octanol–water partition coefficient (Wildman–Crippen LogP) is 5.48. The molecule has 1 unspecified atom stereocenters. The molecule has 0 fully saturated rings. The highest BCUT2D eigenvalue weighted by atomic mass is 79.9. The summed E-state index contributed by atoms with van der Waals surface area (Å²) in [6.07, 6.45) is 1.14. The van der Waals surface area contributed by atoms with E-state index in [1.54, 1.807) is 6.07 Å². The first-order chi connectivity index (χ1) is 9.58. The molecule has 1 N–H and O–H groups in total. The zero-order valence-corrected chi connectivity index (χ0v) is 12.7. The summed E-state index contributed by atoms with van der Waals surface area (Å²) in [5.41, 5.74) is 1.53. The maximum Gasteiger partial charge on any atom is 0.147 e. The van der Waals surface area contributed by atoms with Gasteiger partial charge in [-0.15, -0.1) is 0 Å². The van der Waals surface area contributed by atoms with Gasteiger partial charge in [0.25, 0.3) is 0 Å². The van der Waals surface area contributed by atoms with Crippen molar-refractivity contribution in [3.63, 3.8) is 0 Å². The van der Waals surface area contributed by atoms with Crippen LogP contribution in [0.5, 0.6) is 0 Å². The lowest BCUT2D eigenvalue weighted by molar-refractivity contribution is 0.552. The first kappa shape index (κ1) is 13.8. The summed E-state index contributed by atoms with van der Waals surface area (Å²) in [7, 11) is 0. The Morgan fingerprint density at radius 2 is 2.00 bits per heavy atom. The van der Waals surface area contributed by atoms with Crippen LogP contribution >= 0.6 is 27.5 Å². The van der Waals surface area contributed by atoms with Gasteiger partial charge in [-0.25, -0.2) is 8.78 Å². The van der Waals surface area contributed by atoms with Crippen molar-refractivity contribution in [1.82, 2.24) is 0 Å². The van der Waals surface area contributed by atoms with Gasteiger partial charge in [0.05, 0.1) is 16.2 Å². The summed E-state index contributed by atoms with van der Waals surface area (Å²) in [4.78, 5) is 0. The highest BCUT2D eigenvalue weighted by molar-refractivity contribution is 9.10. The van der Waals surface area contributed by atoms with Crippen molar-refractivity contribution >= 4 is 33.2 Å². The molecule has 20 heavy (non-hydrogen) atoms. The molecule has 2 aromatic rings. The normalized spacial score (nSPS) is 17.5. The largest absolute Gasteiger partial charge is 0.375 e. The number of hydrogen-bond donors (Lipinski definition) is 1. The maximum absolute atomic E-state index is 14.0. The SMILES string of the molecule is Fc1cc(Br)c(F)c2c1NC(c1ccccc1Cl)CC2. The molecule has 1 heterocycles. The first-order valence-electron chi connectivity index (χ1n) is 6.25. The number of hydrogen-bond acceptors (Lipinski definition) is 1. The van der Waals surface area contributed by atoms with Crippen LogP contribution in [0.3, 0.4) is 0 Å². The van der Waals surface area contributed by atoms with Crippen molar-refractivity contribution < 1.29 is 8.78 Å². The number of anilines is 1. The average Bonchev–Trinajstić information content (AvgIpc) is 2.45. The number of benzene rings is 2. The topological polar surface area (TPSA) is 12.0 Å². The van der Waals surface area contributed by atoms with Crippen molar-refractivity contribution in [2.24, 2.45) is 0 Å². The first-order valence-corrected chi connectivity index (χ1v) is 7.42. The van der Waals surface area contributed by atoms with Crippen LogP contribution in [0.15, 0.2) is 34.8 Å². The lowest BCUT2D eigenvalue weighted by atomic mass is 9.93. The minimum atomic E-state index is -0.454. The monoisotopic (exact) mass is 357 g/mol. The van der Waals surface area contributed by atoms with E-state index in [-0.39, 0.29) is 16.2 Å². The summed E-state index contributed by atoms with van der Waals surface area (Å²) in [6, 6.07) is 8.48. The molecule has 104 valence electrons. The third-order valence-corrected chi connectivity index (χ3v) is 4.47. The molecule has 3 rings (SSSR count). The van der Waals surface area contributed by atoms with Crippen LogP contribution in [0.2, 0.25) is 5.02 Å². The minimum absolute atomic E-state index is 0.105. The molecule has 0 aromatic heterocycles. The summed E-state index contributed by atoms with van der Waals surface area (Å²) in [5, 5.41) is 3.70. The van der Waals surface area contributed by atoms with Crippen LogP contribution < -0.4 is 5.32 Å². The van der Waals surface area contributed by atoms with Crippen LogP contribution in [0, 0.1) is 11.6 Å². The van der Waals surface area contributed by atoms with E-state index in [9.17, 15) is 8.78 Å². The van der Waals surface area contributed by atoms with Gasteiger partial charge in [0.15, 0.2) is 0 Å². The van der Waals surface area contributed by atoms with E-state index in [4.69, 9.17) is 11.6 Å². The molecule has 5 heteroatoms. The molecular formula is C15H11BrClF2N. The zero-order valence-electron chi connectivity index (χ0n) is 10.4. The molecular weight excluding hydrogens is 348 g/mol. The van der Waals surface area contributed by atoms with E-state index in [0.717, 1.165) is 11.6 Å². The van der Waals surface area contributed by atoms with Crippen molar-refractivity contribution in [3.05, 3.63) is 62.6 Å². The minimum Gasteiger partial charge on any atom is -0.375 e. The number of halogens is 4. The van der Waals surface area contributed by atoms with Crippen LogP contribution in [-0.2, 0) is 6.42 Å². The Labute approximate surface area is 129 Å². The van der Waals surface area contributed by atoms with Crippen LogP contribution in [-0.4, -0.2) is 0 Å². The van der Waals surface area contributed by atoms with Crippen molar-refractivity contribution in [3.8, 4) is 0 Å². The molecule has 1 aliphatic heterocycles. The van der Waals surface area contributed by atoms with Crippen LogP contribution in [0.25, 0.3) is 0 Å². The number of fused-ring (bicyclic) bond motifs is 1. The predicted molar refractivity (Wildman–Crippen MR) is 80.2 cm³/mol. The number of nitrogens with one attached hydrogen (secondary N) is 1. The molecule has 0 saturated heterocycles. The highest BCUT2D eigenvalue weighted by Crippen LogP contribution is 2.39. The molecule has 0 aliphatic carbocycles. The Bertz CT molecular complexity index is 675.